The molecule has 0 atom stereocenters. The van der Waals surface area contributed by atoms with Crippen LogP contribution in [0.15, 0.2) is 42.5 Å². The maximum Gasteiger partial charge on any atom is 0.337 e. The van der Waals surface area contributed by atoms with Crippen molar-refractivity contribution >= 4 is 33.3 Å². The Morgan fingerprint density at radius 2 is 1.83 bits per heavy atom. The summed E-state index contributed by atoms with van der Waals surface area (Å²) < 4.78 is 48.9. The number of anilines is 2. The Balaban J connectivity index is 2.07. The summed E-state index contributed by atoms with van der Waals surface area (Å²) in [6, 6.07) is 9.96. The summed E-state index contributed by atoms with van der Waals surface area (Å²) >= 11 is 0. The molecule has 0 heterocycles. The number of esters is 1. The molecule has 0 radical (unpaired) electrons. The third kappa shape index (κ3) is 5.93. The number of halogens is 1. The van der Waals surface area contributed by atoms with Gasteiger partial charge in [0.15, 0.2) is 0 Å². The van der Waals surface area contributed by atoms with Crippen molar-refractivity contribution in [3.05, 3.63) is 53.8 Å². The lowest BCUT2D eigenvalue weighted by Gasteiger charge is -2.22. The van der Waals surface area contributed by atoms with Crippen LogP contribution in [0.25, 0.3) is 0 Å². The maximum absolute atomic E-state index is 14.0. The fraction of sp³-hybridized carbons (Fsp3) is 0.300. The molecular weight excluding hydrogens is 415 g/mol. The predicted molar refractivity (Wildman–Crippen MR) is 111 cm³/mol. The van der Waals surface area contributed by atoms with Gasteiger partial charge in [-0.15, -0.1) is 0 Å². The summed E-state index contributed by atoms with van der Waals surface area (Å²) in [6.07, 6.45) is 1.08. The van der Waals surface area contributed by atoms with Gasteiger partial charge < -0.3 is 14.8 Å². The summed E-state index contributed by atoms with van der Waals surface area (Å²) in [7, 11) is -1.07. The minimum absolute atomic E-state index is 0.0356. The summed E-state index contributed by atoms with van der Waals surface area (Å²) in [5, 5.41) is 2.63. The topological polar surface area (TPSA) is 102 Å². The van der Waals surface area contributed by atoms with Crippen LogP contribution >= 0.6 is 0 Å². The van der Waals surface area contributed by atoms with E-state index in [1.54, 1.807) is 0 Å². The van der Waals surface area contributed by atoms with Crippen molar-refractivity contribution in [1.29, 1.82) is 0 Å². The van der Waals surface area contributed by atoms with Gasteiger partial charge in [-0.3, -0.25) is 9.10 Å². The third-order valence-electron chi connectivity index (χ3n) is 4.18. The van der Waals surface area contributed by atoms with E-state index in [9.17, 15) is 22.4 Å². The van der Waals surface area contributed by atoms with Gasteiger partial charge in [-0.2, -0.15) is 0 Å². The number of para-hydroxylation sites is 1. The molecule has 2 rings (SSSR count). The van der Waals surface area contributed by atoms with Crippen molar-refractivity contribution in [2.24, 2.45) is 0 Å². The van der Waals surface area contributed by atoms with Gasteiger partial charge in [-0.1, -0.05) is 12.1 Å². The second kappa shape index (κ2) is 10.1. The number of rotatable bonds is 9. The van der Waals surface area contributed by atoms with Crippen LogP contribution in [0.3, 0.4) is 0 Å². The van der Waals surface area contributed by atoms with E-state index in [-0.39, 0.29) is 36.3 Å². The minimum atomic E-state index is -3.74. The average Bonchev–Trinajstić information content (AvgIpc) is 2.70. The molecule has 0 saturated heterocycles. The Bertz CT molecular complexity index is 1030. The summed E-state index contributed by atoms with van der Waals surface area (Å²) in [5.74, 6) is -1.31. The van der Waals surface area contributed by atoms with Crippen LogP contribution in [-0.4, -0.2) is 47.3 Å². The molecule has 0 bridgehead atoms. The van der Waals surface area contributed by atoms with E-state index < -0.39 is 27.7 Å². The number of nitrogens with zero attached hydrogens (tertiary/aromatic N) is 1. The van der Waals surface area contributed by atoms with E-state index in [1.165, 1.54) is 56.7 Å². The molecule has 30 heavy (non-hydrogen) atoms. The SMILES string of the molecule is COC(=O)c1ccc(OC)c(NC(=O)CCCN(c2ccccc2F)S(C)(=O)=O)c1. The smallest absolute Gasteiger partial charge is 0.337 e. The number of hydrogen-bond donors (Lipinski definition) is 1. The zero-order valence-corrected chi connectivity index (χ0v) is 17.7. The first-order valence-corrected chi connectivity index (χ1v) is 10.8. The quantitative estimate of drug-likeness (QED) is 0.604. The first-order valence-electron chi connectivity index (χ1n) is 8.95. The summed E-state index contributed by atoms with van der Waals surface area (Å²) in [6.45, 7) is -0.0769. The number of sulfonamides is 1. The number of ether oxygens (including phenoxy) is 2. The van der Waals surface area contributed by atoms with Gasteiger partial charge in [-0.25, -0.2) is 17.6 Å². The summed E-state index contributed by atoms with van der Waals surface area (Å²) in [5.41, 5.74) is 0.434. The van der Waals surface area contributed by atoms with E-state index in [0.29, 0.717) is 5.75 Å². The van der Waals surface area contributed by atoms with Gasteiger partial charge in [0.05, 0.1) is 37.4 Å². The standard InChI is InChI=1S/C20H23FN2O6S/c1-28-18-11-10-14(20(25)29-2)13-16(18)22-19(24)9-6-12-23(30(3,26)27)17-8-5-4-7-15(17)21/h4-5,7-8,10-11,13H,6,9,12H2,1-3H3,(H,22,24). The number of nitrogens with one attached hydrogen (secondary N) is 1. The molecule has 0 aromatic heterocycles. The lowest BCUT2D eigenvalue weighted by molar-refractivity contribution is -0.116. The van der Waals surface area contributed by atoms with Crippen LogP contribution in [0, 0.1) is 5.82 Å². The van der Waals surface area contributed by atoms with Crippen molar-refractivity contribution < 1.29 is 31.9 Å². The Labute approximate surface area is 174 Å². The van der Waals surface area contributed by atoms with Gasteiger partial charge in [0.25, 0.3) is 0 Å². The van der Waals surface area contributed by atoms with Gasteiger partial charge in [-0.05, 0) is 36.8 Å². The molecule has 0 aliphatic rings. The number of carbonyl (C=O) groups excluding carboxylic acids is 2. The molecular formula is C20H23FN2O6S. The molecule has 0 fully saturated rings. The van der Waals surface area contributed by atoms with Crippen LogP contribution in [0.4, 0.5) is 15.8 Å². The van der Waals surface area contributed by atoms with Crippen LogP contribution in [-0.2, 0) is 19.6 Å². The second-order valence-electron chi connectivity index (χ2n) is 6.34. The van der Waals surface area contributed by atoms with E-state index in [2.05, 4.69) is 10.1 Å². The molecule has 2 aromatic rings. The number of methoxy groups -OCH3 is 2. The fourth-order valence-electron chi connectivity index (χ4n) is 2.77. The highest BCUT2D eigenvalue weighted by molar-refractivity contribution is 7.92. The fourth-order valence-corrected chi connectivity index (χ4v) is 3.73. The molecule has 162 valence electrons. The largest absolute Gasteiger partial charge is 0.495 e. The van der Waals surface area contributed by atoms with Crippen LogP contribution < -0.4 is 14.4 Å². The molecule has 2 aromatic carbocycles. The van der Waals surface area contributed by atoms with Crippen LogP contribution in [0.1, 0.15) is 23.2 Å². The molecule has 0 spiro atoms. The zero-order valence-electron chi connectivity index (χ0n) is 16.8. The van der Waals surface area contributed by atoms with Crippen LogP contribution in [0.2, 0.25) is 0 Å². The number of hydrogen-bond acceptors (Lipinski definition) is 6. The zero-order chi connectivity index (χ0) is 22.3. The molecule has 1 amide bonds. The Morgan fingerprint density at radius 3 is 2.43 bits per heavy atom. The number of amides is 1. The van der Waals surface area contributed by atoms with E-state index >= 15 is 0 Å². The number of benzene rings is 2. The Morgan fingerprint density at radius 1 is 1.13 bits per heavy atom. The average molecular weight is 438 g/mol. The minimum Gasteiger partial charge on any atom is -0.495 e. The maximum atomic E-state index is 14.0. The first kappa shape index (κ1) is 23.1. The highest BCUT2D eigenvalue weighted by Gasteiger charge is 2.21. The van der Waals surface area contributed by atoms with E-state index in [1.807, 2.05) is 0 Å². The molecule has 0 saturated carbocycles. The lowest BCUT2D eigenvalue weighted by Crippen LogP contribution is -2.32. The number of carbonyl (C=O) groups is 2. The van der Waals surface area contributed by atoms with E-state index in [4.69, 9.17) is 4.74 Å². The van der Waals surface area contributed by atoms with Gasteiger partial charge in [0.2, 0.25) is 15.9 Å². The van der Waals surface area contributed by atoms with E-state index in [0.717, 1.165) is 10.6 Å². The highest BCUT2D eigenvalue weighted by atomic mass is 32.2. The van der Waals surface area contributed by atoms with Crippen LogP contribution in [0.5, 0.6) is 5.75 Å². The van der Waals surface area contributed by atoms with Crippen molar-refractivity contribution in [2.45, 2.75) is 12.8 Å². The molecule has 10 heteroatoms. The lowest BCUT2D eigenvalue weighted by atomic mass is 10.1. The monoisotopic (exact) mass is 438 g/mol. The predicted octanol–water partition coefficient (Wildman–Crippen LogP) is 2.81. The van der Waals surface area contributed by atoms with Crippen molar-refractivity contribution in [2.75, 3.05) is 36.6 Å². The first-order chi connectivity index (χ1) is 14.2. The molecule has 0 aliphatic carbocycles. The third-order valence-corrected chi connectivity index (χ3v) is 5.36. The Kier molecular flexibility index (Phi) is 7.76. The van der Waals surface area contributed by atoms with Crippen molar-refractivity contribution in [3.63, 3.8) is 0 Å². The van der Waals surface area contributed by atoms with Crippen molar-refractivity contribution in [3.8, 4) is 5.75 Å². The van der Waals surface area contributed by atoms with Gasteiger partial charge in [0, 0.05) is 13.0 Å². The molecule has 1 N–H and O–H groups in total. The summed E-state index contributed by atoms with van der Waals surface area (Å²) in [4.78, 5) is 24.0. The highest BCUT2D eigenvalue weighted by Crippen LogP contribution is 2.26. The molecule has 0 aliphatic heterocycles. The molecule has 0 unspecified atom stereocenters. The Hall–Kier alpha value is -3.14. The second-order valence-corrected chi connectivity index (χ2v) is 8.25. The van der Waals surface area contributed by atoms with Gasteiger partial charge >= 0.3 is 5.97 Å². The molecule has 8 nitrogen and oxygen atoms in total. The van der Waals surface area contributed by atoms with Gasteiger partial charge in [0.1, 0.15) is 11.6 Å². The van der Waals surface area contributed by atoms with Crippen molar-refractivity contribution in [1.82, 2.24) is 0 Å². The normalized spacial score (nSPS) is 10.9.